The normalized spacial score (nSPS) is 9.83. The number of amides is 1. The van der Waals surface area contributed by atoms with Crippen molar-refractivity contribution in [3.63, 3.8) is 0 Å². The Balaban J connectivity index is 1.97. The molecule has 0 saturated heterocycles. The maximum atomic E-state index is 12.0. The first-order valence-corrected chi connectivity index (χ1v) is 7.61. The highest BCUT2D eigenvalue weighted by Gasteiger charge is 2.09. The topological polar surface area (TPSA) is 80.3 Å². The van der Waals surface area contributed by atoms with E-state index in [2.05, 4.69) is 36.3 Å². The molecule has 1 aromatic heterocycles. The monoisotopic (exact) mass is 393 g/mol. The lowest BCUT2D eigenvalue weighted by atomic mass is 10.2. The molecule has 0 aliphatic rings. The zero-order chi connectivity index (χ0) is 16.8. The molecular formula is C15H12BrN3O3S. The van der Waals surface area contributed by atoms with E-state index in [1.54, 1.807) is 36.5 Å². The number of carbonyl (C=O) groups is 2. The average Bonchev–Trinajstić information content (AvgIpc) is 2.54. The number of rotatable bonds is 3. The molecule has 0 bridgehead atoms. The number of hydrogen-bond donors (Lipinski definition) is 2. The fourth-order valence-corrected chi connectivity index (χ4v) is 2.26. The second-order valence-electron chi connectivity index (χ2n) is 4.37. The smallest absolute Gasteiger partial charge is 0.337 e. The van der Waals surface area contributed by atoms with Gasteiger partial charge in [0.25, 0.3) is 5.91 Å². The summed E-state index contributed by atoms with van der Waals surface area (Å²) in [6.45, 7) is 0. The van der Waals surface area contributed by atoms with Crippen LogP contribution < -0.4 is 10.6 Å². The molecule has 2 aromatic rings. The number of anilines is 1. The minimum Gasteiger partial charge on any atom is -0.465 e. The van der Waals surface area contributed by atoms with Crippen molar-refractivity contribution >= 4 is 50.8 Å². The molecule has 1 amide bonds. The van der Waals surface area contributed by atoms with Crippen LogP contribution in [0.1, 0.15) is 20.7 Å². The number of thiocarbonyl (C=S) groups is 1. The van der Waals surface area contributed by atoms with Gasteiger partial charge in [-0.15, -0.1) is 0 Å². The highest BCUT2D eigenvalue weighted by Crippen LogP contribution is 2.11. The van der Waals surface area contributed by atoms with Gasteiger partial charge in [0.15, 0.2) is 5.11 Å². The summed E-state index contributed by atoms with van der Waals surface area (Å²) in [5.74, 6) is -0.794. The third-order valence-electron chi connectivity index (χ3n) is 2.76. The number of benzene rings is 1. The highest BCUT2D eigenvalue weighted by molar-refractivity contribution is 9.10. The van der Waals surface area contributed by atoms with Gasteiger partial charge in [-0.3, -0.25) is 15.1 Å². The van der Waals surface area contributed by atoms with Crippen molar-refractivity contribution in [2.75, 3.05) is 12.4 Å². The van der Waals surface area contributed by atoms with Gasteiger partial charge in [0.1, 0.15) is 0 Å². The van der Waals surface area contributed by atoms with Gasteiger partial charge in [-0.2, -0.15) is 0 Å². The Kier molecular flexibility index (Phi) is 5.78. The second-order valence-corrected chi connectivity index (χ2v) is 5.69. The van der Waals surface area contributed by atoms with Gasteiger partial charge in [0.2, 0.25) is 0 Å². The predicted octanol–water partition coefficient (Wildman–Crippen LogP) is 2.76. The molecule has 118 valence electrons. The third-order valence-corrected chi connectivity index (χ3v) is 3.40. The quantitative estimate of drug-likeness (QED) is 0.616. The number of esters is 1. The van der Waals surface area contributed by atoms with E-state index in [0.29, 0.717) is 21.3 Å². The largest absolute Gasteiger partial charge is 0.465 e. The lowest BCUT2D eigenvalue weighted by Gasteiger charge is -2.10. The summed E-state index contributed by atoms with van der Waals surface area (Å²) in [5, 5.41) is 5.55. The molecule has 8 heteroatoms. The number of methoxy groups -OCH3 is 1. The van der Waals surface area contributed by atoms with Crippen LogP contribution in [0, 0.1) is 0 Å². The van der Waals surface area contributed by atoms with E-state index < -0.39 is 5.97 Å². The van der Waals surface area contributed by atoms with Gasteiger partial charge >= 0.3 is 5.97 Å². The van der Waals surface area contributed by atoms with Crippen molar-refractivity contribution in [2.24, 2.45) is 0 Å². The van der Waals surface area contributed by atoms with Gasteiger partial charge in [-0.05, 0) is 58.5 Å². The van der Waals surface area contributed by atoms with Crippen molar-refractivity contribution in [1.29, 1.82) is 0 Å². The number of halogens is 1. The number of nitrogens with one attached hydrogen (secondary N) is 2. The van der Waals surface area contributed by atoms with Crippen LogP contribution in [0.15, 0.2) is 47.2 Å². The first-order chi connectivity index (χ1) is 11.0. The maximum absolute atomic E-state index is 12.0. The summed E-state index contributed by atoms with van der Waals surface area (Å²) in [4.78, 5) is 27.3. The van der Waals surface area contributed by atoms with Gasteiger partial charge in [0.05, 0.1) is 18.2 Å². The molecular weight excluding hydrogens is 382 g/mol. The number of nitrogens with zero attached hydrogens (tertiary/aromatic N) is 1. The predicted molar refractivity (Wildman–Crippen MR) is 93.4 cm³/mol. The van der Waals surface area contributed by atoms with Crippen LogP contribution in [0.2, 0.25) is 0 Å². The van der Waals surface area contributed by atoms with Crippen LogP contribution in [-0.4, -0.2) is 29.1 Å². The summed E-state index contributed by atoms with van der Waals surface area (Å²) in [6, 6.07) is 8.14. The molecule has 0 saturated carbocycles. The minimum atomic E-state index is -0.422. The number of hydrogen-bond acceptors (Lipinski definition) is 5. The Morgan fingerprint density at radius 3 is 2.48 bits per heavy atom. The SMILES string of the molecule is COC(=O)c1ccc(NC(=S)NC(=O)c2cncc(Br)c2)cc1. The fraction of sp³-hybridized carbons (Fsp3) is 0.0667. The summed E-state index contributed by atoms with van der Waals surface area (Å²) < 4.78 is 5.31. The van der Waals surface area contributed by atoms with Crippen molar-refractivity contribution in [1.82, 2.24) is 10.3 Å². The first-order valence-electron chi connectivity index (χ1n) is 6.41. The Hall–Kier alpha value is -2.32. The van der Waals surface area contributed by atoms with Gasteiger partial charge < -0.3 is 10.1 Å². The van der Waals surface area contributed by atoms with E-state index in [1.807, 2.05) is 0 Å². The Morgan fingerprint density at radius 2 is 1.87 bits per heavy atom. The van der Waals surface area contributed by atoms with Crippen molar-refractivity contribution in [3.05, 3.63) is 58.3 Å². The van der Waals surface area contributed by atoms with Gasteiger partial charge in [-0.25, -0.2) is 4.79 Å². The van der Waals surface area contributed by atoms with Gasteiger partial charge in [-0.1, -0.05) is 0 Å². The lowest BCUT2D eigenvalue weighted by Crippen LogP contribution is -2.34. The molecule has 0 aliphatic carbocycles. The Morgan fingerprint density at radius 1 is 1.17 bits per heavy atom. The van der Waals surface area contributed by atoms with E-state index >= 15 is 0 Å². The number of ether oxygens (including phenoxy) is 1. The van der Waals surface area contributed by atoms with E-state index in [1.165, 1.54) is 13.3 Å². The average molecular weight is 394 g/mol. The molecule has 2 N–H and O–H groups in total. The standard InChI is InChI=1S/C15H12BrN3O3S/c1-22-14(21)9-2-4-12(5-3-9)18-15(23)19-13(20)10-6-11(16)8-17-7-10/h2-8H,1H3,(H2,18,19,20,23). The first kappa shape index (κ1) is 17.0. The molecule has 6 nitrogen and oxygen atoms in total. The van der Waals surface area contributed by atoms with Crippen molar-refractivity contribution in [2.45, 2.75) is 0 Å². The van der Waals surface area contributed by atoms with E-state index in [4.69, 9.17) is 12.2 Å². The molecule has 1 aromatic carbocycles. The van der Waals surface area contributed by atoms with Crippen molar-refractivity contribution < 1.29 is 14.3 Å². The summed E-state index contributed by atoms with van der Waals surface area (Å²) in [6.07, 6.45) is 3.02. The fourth-order valence-electron chi connectivity index (χ4n) is 1.68. The Labute approximate surface area is 146 Å². The van der Waals surface area contributed by atoms with E-state index in [-0.39, 0.29) is 11.0 Å². The maximum Gasteiger partial charge on any atom is 0.337 e. The molecule has 0 spiro atoms. The van der Waals surface area contributed by atoms with Crippen LogP contribution >= 0.6 is 28.1 Å². The van der Waals surface area contributed by atoms with Crippen molar-refractivity contribution in [3.8, 4) is 0 Å². The van der Waals surface area contributed by atoms with Crippen LogP contribution in [0.3, 0.4) is 0 Å². The lowest BCUT2D eigenvalue weighted by molar-refractivity contribution is 0.0600. The summed E-state index contributed by atoms with van der Waals surface area (Å²) in [7, 11) is 1.32. The van der Waals surface area contributed by atoms with E-state index in [0.717, 1.165) is 0 Å². The Bertz CT molecular complexity index is 750. The molecule has 0 atom stereocenters. The molecule has 0 unspecified atom stereocenters. The molecule has 23 heavy (non-hydrogen) atoms. The number of aromatic nitrogens is 1. The summed E-state index contributed by atoms with van der Waals surface area (Å²) in [5.41, 5.74) is 1.44. The van der Waals surface area contributed by atoms with Crippen LogP contribution in [0.4, 0.5) is 5.69 Å². The third kappa shape index (κ3) is 4.83. The highest BCUT2D eigenvalue weighted by atomic mass is 79.9. The summed E-state index contributed by atoms with van der Waals surface area (Å²) >= 11 is 8.33. The second kappa shape index (κ2) is 7.80. The zero-order valence-corrected chi connectivity index (χ0v) is 14.4. The molecule has 0 radical (unpaired) electrons. The van der Waals surface area contributed by atoms with Crippen LogP contribution in [-0.2, 0) is 4.74 Å². The minimum absolute atomic E-state index is 0.140. The molecule has 0 aliphatic heterocycles. The van der Waals surface area contributed by atoms with Crippen LogP contribution in [0.25, 0.3) is 0 Å². The molecule has 0 fully saturated rings. The molecule has 2 rings (SSSR count). The van der Waals surface area contributed by atoms with Gasteiger partial charge in [0, 0.05) is 22.6 Å². The molecule has 1 heterocycles. The number of carbonyl (C=O) groups excluding carboxylic acids is 2. The van der Waals surface area contributed by atoms with Crippen LogP contribution in [0.5, 0.6) is 0 Å². The van der Waals surface area contributed by atoms with E-state index in [9.17, 15) is 9.59 Å². The zero-order valence-electron chi connectivity index (χ0n) is 12.0. The number of pyridine rings is 1.